The van der Waals surface area contributed by atoms with Crippen molar-refractivity contribution >= 4 is 35.1 Å². The van der Waals surface area contributed by atoms with E-state index in [1.165, 1.54) is 23.1 Å². The van der Waals surface area contributed by atoms with E-state index in [4.69, 9.17) is 21.1 Å². The van der Waals surface area contributed by atoms with Gasteiger partial charge in [0.1, 0.15) is 0 Å². The van der Waals surface area contributed by atoms with Crippen molar-refractivity contribution in [3.8, 4) is 11.5 Å². The highest BCUT2D eigenvalue weighted by Gasteiger charge is 2.18. The number of methoxy groups -OCH3 is 1. The number of carbonyl (C=O) groups is 1. The number of amides is 1. The summed E-state index contributed by atoms with van der Waals surface area (Å²) in [6, 6.07) is 5.44. The van der Waals surface area contributed by atoms with Crippen molar-refractivity contribution in [1.29, 1.82) is 0 Å². The van der Waals surface area contributed by atoms with Gasteiger partial charge in [-0.05, 0) is 55.5 Å². The number of benzene rings is 1. The maximum Gasteiger partial charge on any atom is 0.281 e. The second-order valence-corrected chi connectivity index (χ2v) is 7.12. The molecule has 0 saturated carbocycles. The average Bonchev–Trinajstić information content (AvgIpc) is 3.18. The number of fused-ring (bicyclic) bond motifs is 1. The molecule has 1 aliphatic rings. The van der Waals surface area contributed by atoms with E-state index in [0.29, 0.717) is 33.6 Å². The zero-order chi connectivity index (χ0) is 17.8. The zero-order valence-electron chi connectivity index (χ0n) is 14.1. The Kier molecular flexibility index (Phi) is 5.60. The van der Waals surface area contributed by atoms with Crippen molar-refractivity contribution in [3.05, 3.63) is 44.1 Å². The molecular weight excluding hydrogens is 360 g/mol. The highest BCUT2D eigenvalue weighted by molar-refractivity contribution is 7.14. The van der Waals surface area contributed by atoms with Crippen LogP contribution in [0.5, 0.6) is 11.5 Å². The van der Waals surface area contributed by atoms with Gasteiger partial charge in [-0.2, -0.15) is 5.10 Å². The quantitative estimate of drug-likeness (QED) is 0.609. The molecule has 1 aromatic heterocycles. The predicted molar refractivity (Wildman–Crippen MR) is 101 cm³/mol. The Morgan fingerprint density at radius 3 is 2.96 bits per heavy atom. The van der Waals surface area contributed by atoms with Gasteiger partial charge in [0.15, 0.2) is 11.5 Å². The smallest absolute Gasteiger partial charge is 0.281 e. The number of rotatable bonds is 6. The first-order chi connectivity index (χ1) is 12.1. The lowest BCUT2D eigenvalue weighted by Crippen LogP contribution is -2.16. The Morgan fingerprint density at radius 2 is 2.24 bits per heavy atom. The SMILES string of the molecule is CCOc1c(Cl)cc(/C=N\NC(=O)c2cc3c(s2)CCC3)cc1OC. The van der Waals surface area contributed by atoms with Gasteiger partial charge in [0, 0.05) is 4.88 Å². The summed E-state index contributed by atoms with van der Waals surface area (Å²) in [7, 11) is 1.55. The number of aryl methyl sites for hydroxylation is 2. The highest BCUT2D eigenvalue weighted by atomic mass is 35.5. The molecule has 25 heavy (non-hydrogen) atoms. The summed E-state index contributed by atoms with van der Waals surface area (Å²) in [5.41, 5.74) is 4.56. The van der Waals surface area contributed by atoms with Crippen LogP contribution in [0.4, 0.5) is 0 Å². The third kappa shape index (κ3) is 3.96. The Bertz CT molecular complexity index is 795. The lowest BCUT2D eigenvalue weighted by atomic mass is 10.2. The van der Waals surface area contributed by atoms with Crippen molar-refractivity contribution in [2.45, 2.75) is 26.2 Å². The van der Waals surface area contributed by atoms with Crippen LogP contribution in [0.2, 0.25) is 5.02 Å². The molecule has 0 bridgehead atoms. The first kappa shape index (κ1) is 17.8. The number of nitrogens with one attached hydrogen (secondary N) is 1. The molecule has 0 radical (unpaired) electrons. The summed E-state index contributed by atoms with van der Waals surface area (Å²) in [4.78, 5) is 14.2. The molecule has 132 valence electrons. The third-order valence-corrected chi connectivity index (χ3v) is 5.41. The zero-order valence-corrected chi connectivity index (χ0v) is 15.7. The van der Waals surface area contributed by atoms with Gasteiger partial charge in [-0.1, -0.05) is 11.6 Å². The summed E-state index contributed by atoms with van der Waals surface area (Å²) < 4.78 is 10.8. The lowest BCUT2D eigenvalue weighted by Gasteiger charge is -2.11. The maximum absolute atomic E-state index is 12.2. The Morgan fingerprint density at radius 1 is 1.40 bits per heavy atom. The van der Waals surface area contributed by atoms with Crippen LogP contribution in [0, 0.1) is 0 Å². The molecule has 0 unspecified atom stereocenters. The van der Waals surface area contributed by atoms with Gasteiger partial charge < -0.3 is 9.47 Å². The van der Waals surface area contributed by atoms with E-state index in [2.05, 4.69) is 10.5 Å². The molecule has 0 atom stereocenters. The number of nitrogens with zero attached hydrogens (tertiary/aromatic N) is 1. The first-order valence-corrected chi connectivity index (χ1v) is 9.27. The van der Waals surface area contributed by atoms with Crippen molar-refractivity contribution in [2.24, 2.45) is 5.10 Å². The Hall–Kier alpha value is -2.05. The van der Waals surface area contributed by atoms with E-state index in [1.807, 2.05) is 13.0 Å². The average molecular weight is 379 g/mol. The summed E-state index contributed by atoms with van der Waals surface area (Å²) in [5, 5.41) is 4.45. The minimum absolute atomic E-state index is 0.195. The molecular formula is C18H19ClN2O3S. The Labute approximate surface area is 155 Å². The monoisotopic (exact) mass is 378 g/mol. The van der Waals surface area contributed by atoms with Gasteiger partial charge >= 0.3 is 0 Å². The predicted octanol–water partition coefficient (Wildman–Crippen LogP) is 4.06. The number of hydrogen-bond donors (Lipinski definition) is 1. The molecule has 0 saturated heterocycles. The third-order valence-electron chi connectivity index (χ3n) is 3.89. The van der Waals surface area contributed by atoms with E-state index < -0.39 is 0 Å². The molecule has 1 amide bonds. The molecule has 1 aromatic carbocycles. The topological polar surface area (TPSA) is 59.9 Å². The summed E-state index contributed by atoms with van der Waals surface area (Å²) in [5.74, 6) is 0.831. The van der Waals surface area contributed by atoms with Crippen molar-refractivity contribution in [3.63, 3.8) is 0 Å². The minimum Gasteiger partial charge on any atom is -0.493 e. The molecule has 3 rings (SSSR count). The summed E-state index contributed by atoms with van der Waals surface area (Å²) in [6.07, 6.45) is 4.85. The standard InChI is InChI=1S/C18H19ClN2O3S/c1-3-24-17-13(19)7-11(8-14(17)23-2)10-20-21-18(22)16-9-12-5-4-6-15(12)25-16/h7-10H,3-6H2,1-2H3,(H,21,22)/b20-10-. The molecule has 0 aliphatic heterocycles. The van der Waals surface area contributed by atoms with Crippen molar-refractivity contribution in [1.82, 2.24) is 5.43 Å². The fraction of sp³-hybridized carbons (Fsp3) is 0.333. The Balaban J connectivity index is 1.69. The van der Waals surface area contributed by atoms with Crippen LogP contribution in [0.3, 0.4) is 0 Å². The molecule has 2 aromatic rings. The fourth-order valence-corrected chi connectivity index (χ4v) is 4.18. The number of thiophene rings is 1. The molecule has 1 heterocycles. The van der Waals surface area contributed by atoms with E-state index in [0.717, 1.165) is 12.8 Å². The van der Waals surface area contributed by atoms with Crippen LogP contribution in [-0.4, -0.2) is 25.8 Å². The van der Waals surface area contributed by atoms with Crippen molar-refractivity contribution < 1.29 is 14.3 Å². The van der Waals surface area contributed by atoms with E-state index in [-0.39, 0.29) is 5.91 Å². The molecule has 5 nitrogen and oxygen atoms in total. The summed E-state index contributed by atoms with van der Waals surface area (Å²) in [6.45, 7) is 2.37. The van der Waals surface area contributed by atoms with Gasteiger partial charge in [0.2, 0.25) is 0 Å². The second kappa shape index (κ2) is 7.89. The number of halogens is 1. The summed E-state index contributed by atoms with van der Waals surface area (Å²) >= 11 is 7.77. The van der Waals surface area contributed by atoms with Crippen LogP contribution in [0.15, 0.2) is 23.3 Å². The van der Waals surface area contributed by atoms with Crippen LogP contribution >= 0.6 is 22.9 Å². The second-order valence-electron chi connectivity index (χ2n) is 5.58. The number of hydrogen-bond acceptors (Lipinski definition) is 5. The number of carbonyl (C=O) groups excluding carboxylic acids is 1. The highest BCUT2D eigenvalue weighted by Crippen LogP contribution is 2.36. The molecule has 1 aliphatic carbocycles. The van der Waals surface area contributed by atoms with E-state index in [9.17, 15) is 4.79 Å². The number of hydrazone groups is 1. The molecule has 0 fully saturated rings. The van der Waals surface area contributed by atoms with Gasteiger partial charge in [-0.25, -0.2) is 5.43 Å². The molecule has 1 N–H and O–H groups in total. The van der Waals surface area contributed by atoms with Gasteiger partial charge in [0.05, 0.1) is 29.8 Å². The van der Waals surface area contributed by atoms with Crippen molar-refractivity contribution in [2.75, 3.05) is 13.7 Å². The normalized spacial score (nSPS) is 13.1. The van der Waals surface area contributed by atoms with Gasteiger partial charge in [-0.3, -0.25) is 4.79 Å². The van der Waals surface area contributed by atoms with Crippen LogP contribution < -0.4 is 14.9 Å². The fourth-order valence-electron chi connectivity index (χ4n) is 2.76. The van der Waals surface area contributed by atoms with Crippen LogP contribution in [0.25, 0.3) is 0 Å². The minimum atomic E-state index is -0.195. The maximum atomic E-state index is 12.2. The molecule has 0 spiro atoms. The largest absolute Gasteiger partial charge is 0.493 e. The van der Waals surface area contributed by atoms with Crippen LogP contribution in [0.1, 0.15) is 39.0 Å². The first-order valence-electron chi connectivity index (χ1n) is 8.07. The van der Waals surface area contributed by atoms with Gasteiger partial charge in [0.25, 0.3) is 5.91 Å². The number of ether oxygens (including phenoxy) is 2. The van der Waals surface area contributed by atoms with E-state index in [1.54, 1.807) is 30.6 Å². The van der Waals surface area contributed by atoms with Gasteiger partial charge in [-0.15, -0.1) is 11.3 Å². The van der Waals surface area contributed by atoms with E-state index >= 15 is 0 Å². The molecule has 7 heteroatoms. The lowest BCUT2D eigenvalue weighted by molar-refractivity contribution is 0.0959. The van der Waals surface area contributed by atoms with Crippen LogP contribution in [-0.2, 0) is 12.8 Å².